The fraction of sp³-hybridized carbons (Fsp3) is 0.591. The van der Waals surface area contributed by atoms with Gasteiger partial charge in [0.1, 0.15) is 12.1 Å². The number of amides is 4. The van der Waals surface area contributed by atoms with Gasteiger partial charge in [0.25, 0.3) is 5.91 Å². The molecule has 4 amide bonds. The number of hydrogen-bond acceptors (Lipinski definition) is 3. The van der Waals surface area contributed by atoms with E-state index in [1.165, 1.54) is 12.8 Å². The molecule has 6 nitrogen and oxygen atoms in total. The standard InChI is InChI=1S/C22H31N3O3/c1-2-3-15-22(17-11-7-6-8-12-17)20(27)25(21(28)24-22)16-19(26)23-18-13-9-4-5-10-14-18/h6-8,11-12,18H,2-5,9-10,13-16H2,1H3,(H,23,26)(H,24,28). The van der Waals surface area contributed by atoms with Gasteiger partial charge in [-0.2, -0.15) is 0 Å². The maximum absolute atomic E-state index is 13.3. The van der Waals surface area contributed by atoms with E-state index in [4.69, 9.17) is 0 Å². The average Bonchev–Trinajstić information content (AvgIpc) is 2.88. The zero-order valence-electron chi connectivity index (χ0n) is 16.7. The summed E-state index contributed by atoms with van der Waals surface area (Å²) in [5.41, 5.74) is -0.301. The SMILES string of the molecule is CCCCC1(c2ccccc2)NC(=O)N(CC(=O)NC2CCCCCC2)C1=O. The van der Waals surface area contributed by atoms with Gasteiger partial charge < -0.3 is 10.6 Å². The molecular formula is C22H31N3O3. The molecule has 1 unspecified atom stereocenters. The average molecular weight is 386 g/mol. The molecule has 0 aromatic heterocycles. The minimum Gasteiger partial charge on any atom is -0.352 e. The minimum atomic E-state index is -1.07. The molecular weight excluding hydrogens is 354 g/mol. The zero-order valence-corrected chi connectivity index (χ0v) is 16.7. The van der Waals surface area contributed by atoms with E-state index in [0.29, 0.717) is 6.42 Å². The van der Waals surface area contributed by atoms with Crippen molar-refractivity contribution in [2.24, 2.45) is 0 Å². The second kappa shape index (κ2) is 9.22. The van der Waals surface area contributed by atoms with Crippen LogP contribution in [0.4, 0.5) is 4.79 Å². The molecule has 1 aliphatic carbocycles. The van der Waals surface area contributed by atoms with Gasteiger partial charge in [-0.05, 0) is 24.8 Å². The van der Waals surface area contributed by atoms with Crippen LogP contribution < -0.4 is 10.6 Å². The third-order valence-corrected chi connectivity index (χ3v) is 5.87. The highest BCUT2D eigenvalue weighted by Gasteiger charge is 2.52. The van der Waals surface area contributed by atoms with Crippen LogP contribution >= 0.6 is 0 Å². The maximum Gasteiger partial charge on any atom is 0.325 e. The van der Waals surface area contributed by atoms with Gasteiger partial charge in [-0.1, -0.05) is 75.8 Å². The first-order valence-corrected chi connectivity index (χ1v) is 10.6. The monoisotopic (exact) mass is 385 g/mol. The van der Waals surface area contributed by atoms with E-state index in [9.17, 15) is 14.4 Å². The Bertz CT molecular complexity index is 698. The molecule has 1 aliphatic heterocycles. The number of rotatable bonds is 7. The topological polar surface area (TPSA) is 78.5 Å². The molecule has 1 aromatic rings. The maximum atomic E-state index is 13.3. The van der Waals surface area contributed by atoms with Gasteiger partial charge in [0.15, 0.2) is 0 Å². The van der Waals surface area contributed by atoms with Crippen LogP contribution in [0.3, 0.4) is 0 Å². The molecule has 1 heterocycles. The van der Waals surface area contributed by atoms with Gasteiger partial charge in [-0.15, -0.1) is 0 Å². The molecule has 0 bridgehead atoms. The van der Waals surface area contributed by atoms with E-state index in [2.05, 4.69) is 17.6 Å². The quantitative estimate of drug-likeness (QED) is 0.557. The van der Waals surface area contributed by atoms with Gasteiger partial charge in [-0.3, -0.25) is 14.5 Å². The first kappa shape index (κ1) is 20.4. The summed E-state index contributed by atoms with van der Waals surface area (Å²) in [4.78, 5) is 39.5. The van der Waals surface area contributed by atoms with Crippen LogP contribution in [0.1, 0.15) is 70.3 Å². The molecule has 1 saturated carbocycles. The van der Waals surface area contributed by atoms with E-state index in [0.717, 1.165) is 49.0 Å². The van der Waals surface area contributed by atoms with Gasteiger partial charge in [0, 0.05) is 6.04 Å². The molecule has 0 radical (unpaired) electrons. The highest BCUT2D eigenvalue weighted by molar-refractivity contribution is 6.09. The number of unbranched alkanes of at least 4 members (excludes halogenated alkanes) is 1. The van der Waals surface area contributed by atoms with Crippen molar-refractivity contribution < 1.29 is 14.4 Å². The van der Waals surface area contributed by atoms with Crippen molar-refractivity contribution in [2.45, 2.75) is 76.3 Å². The summed E-state index contributed by atoms with van der Waals surface area (Å²) in [6.45, 7) is 1.83. The normalized spacial score (nSPS) is 23.4. The Hall–Kier alpha value is -2.37. The number of benzene rings is 1. The molecule has 1 atom stereocenters. The summed E-state index contributed by atoms with van der Waals surface area (Å²) < 4.78 is 0. The number of nitrogens with zero attached hydrogens (tertiary/aromatic N) is 1. The van der Waals surface area contributed by atoms with Crippen molar-refractivity contribution in [1.29, 1.82) is 0 Å². The zero-order chi connectivity index (χ0) is 20.0. The molecule has 152 valence electrons. The van der Waals surface area contributed by atoms with Gasteiger partial charge in [-0.25, -0.2) is 4.79 Å². The Kier molecular flexibility index (Phi) is 6.70. The number of hydrogen-bond donors (Lipinski definition) is 2. The number of nitrogens with one attached hydrogen (secondary N) is 2. The van der Waals surface area contributed by atoms with Crippen LogP contribution in [0.15, 0.2) is 30.3 Å². The predicted molar refractivity (Wildman–Crippen MR) is 108 cm³/mol. The molecule has 6 heteroatoms. The lowest BCUT2D eigenvalue weighted by Gasteiger charge is -2.27. The fourth-order valence-corrected chi connectivity index (χ4v) is 4.28. The largest absolute Gasteiger partial charge is 0.352 e. The summed E-state index contributed by atoms with van der Waals surface area (Å²) in [6, 6.07) is 9.01. The minimum absolute atomic E-state index is 0.148. The first-order chi connectivity index (χ1) is 13.6. The fourth-order valence-electron chi connectivity index (χ4n) is 4.28. The van der Waals surface area contributed by atoms with Crippen molar-refractivity contribution >= 4 is 17.8 Å². The number of carbonyl (C=O) groups excluding carboxylic acids is 3. The Morgan fingerprint density at radius 1 is 1.14 bits per heavy atom. The highest BCUT2D eigenvalue weighted by Crippen LogP contribution is 2.34. The lowest BCUT2D eigenvalue weighted by atomic mass is 9.85. The molecule has 0 spiro atoms. The number of imide groups is 1. The third kappa shape index (κ3) is 4.37. The Balaban J connectivity index is 1.72. The lowest BCUT2D eigenvalue weighted by molar-refractivity contribution is -0.135. The van der Waals surface area contributed by atoms with Crippen molar-refractivity contribution in [3.05, 3.63) is 35.9 Å². The van der Waals surface area contributed by atoms with Crippen LogP contribution in [0.2, 0.25) is 0 Å². The summed E-state index contributed by atoms with van der Waals surface area (Å²) in [6.07, 6.45) is 8.83. The molecule has 3 rings (SSSR count). The Morgan fingerprint density at radius 3 is 2.46 bits per heavy atom. The van der Waals surface area contributed by atoms with E-state index in [-0.39, 0.29) is 24.4 Å². The molecule has 2 aliphatic rings. The second-order valence-corrected chi connectivity index (χ2v) is 7.95. The van der Waals surface area contributed by atoms with Crippen molar-refractivity contribution in [3.8, 4) is 0 Å². The first-order valence-electron chi connectivity index (χ1n) is 10.6. The van der Waals surface area contributed by atoms with E-state index in [1.54, 1.807) is 0 Å². The van der Waals surface area contributed by atoms with E-state index in [1.807, 2.05) is 30.3 Å². The molecule has 1 aromatic carbocycles. The van der Waals surface area contributed by atoms with Crippen molar-refractivity contribution in [2.75, 3.05) is 6.54 Å². The predicted octanol–water partition coefficient (Wildman–Crippen LogP) is 3.46. The smallest absolute Gasteiger partial charge is 0.325 e. The molecule has 2 N–H and O–H groups in total. The molecule has 1 saturated heterocycles. The molecule has 2 fully saturated rings. The number of carbonyl (C=O) groups is 3. The highest BCUT2D eigenvalue weighted by atomic mass is 16.2. The second-order valence-electron chi connectivity index (χ2n) is 7.95. The van der Waals surface area contributed by atoms with Gasteiger partial charge in [0.05, 0.1) is 0 Å². The van der Waals surface area contributed by atoms with E-state index >= 15 is 0 Å². The van der Waals surface area contributed by atoms with Crippen LogP contribution in [0, 0.1) is 0 Å². The number of urea groups is 1. The van der Waals surface area contributed by atoms with Crippen LogP contribution in [0.25, 0.3) is 0 Å². The molecule has 28 heavy (non-hydrogen) atoms. The summed E-state index contributed by atoms with van der Waals surface area (Å²) in [5.74, 6) is -0.581. The summed E-state index contributed by atoms with van der Waals surface area (Å²) in [7, 11) is 0. The van der Waals surface area contributed by atoms with E-state index < -0.39 is 11.6 Å². The van der Waals surface area contributed by atoms with Crippen LogP contribution in [-0.4, -0.2) is 35.3 Å². The van der Waals surface area contributed by atoms with Gasteiger partial charge in [0.2, 0.25) is 5.91 Å². The van der Waals surface area contributed by atoms with Gasteiger partial charge >= 0.3 is 6.03 Å². The summed E-state index contributed by atoms with van der Waals surface area (Å²) >= 11 is 0. The van der Waals surface area contributed by atoms with Crippen LogP contribution in [-0.2, 0) is 15.1 Å². The Morgan fingerprint density at radius 2 is 1.82 bits per heavy atom. The lowest BCUT2D eigenvalue weighted by Crippen LogP contribution is -2.46. The van der Waals surface area contributed by atoms with Crippen molar-refractivity contribution in [3.63, 3.8) is 0 Å². The van der Waals surface area contributed by atoms with Crippen molar-refractivity contribution in [1.82, 2.24) is 15.5 Å². The summed E-state index contributed by atoms with van der Waals surface area (Å²) in [5, 5.41) is 5.92. The Labute approximate surface area is 167 Å². The van der Waals surface area contributed by atoms with Crippen LogP contribution in [0.5, 0.6) is 0 Å². The third-order valence-electron chi connectivity index (χ3n) is 5.87.